The van der Waals surface area contributed by atoms with E-state index in [1.807, 2.05) is 24.3 Å². The Hall–Kier alpha value is -1.81. The second kappa shape index (κ2) is 5.05. The van der Waals surface area contributed by atoms with Gasteiger partial charge >= 0.3 is 0 Å². The molecule has 0 saturated carbocycles. The lowest BCUT2D eigenvalue weighted by Gasteiger charge is -2.17. The van der Waals surface area contributed by atoms with Crippen molar-refractivity contribution in [3.8, 4) is 0 Å². The molecule has 4 nitrogen and oxygen atoms in total. The highest BCUT2D eigenvalue weighted by Gasteiger charge is 2.16. The van der Waals surface area contributed by atoms with E-state index in [1.165, 1.54) is 12.8 Å². The Kier molecular flexibility index (Phi) is 3.25. The summed E-state index contributed by atoms with van der Waals surface area (Å²) in [6.07, 6.45) is 4.31. The van der Waals surface area contributed by atoms with Crippen molar-refractivity contribution in [2.75, 3.05) is 11.1 Å². The molecule has 0 amide bonds. The van der Waals surface area contributed by atoms with Crippen molar-refractivity contribution < 1.29 is 0 Å². The molecule has 1 aromatic carbocycles. The second-order valence-corrected chi connectivity index (χ2v) is 5.13. The summed E-state index contributed by atoms with van der Waals surface area (Å²) in [5.74, 6) is 1.15. The number of anilines is 3. The molecular formula is C14H15ClN4. The molecule has 0 saturated heterocycles. The van der Waals surface area contributed by atoms with Crippen molar-refractivity contribution >= 4 is 29.1 Å². The Morgan fingerprint density at radius 3 is 2.58 bits per heavy atom. The fraction of sp³-hybridized carbons (Fsp3) is 0.286. The number of hydrogen-bond acceptors (Lipinski definition) is 4. The van der Waals surface area contributed by atoms with Crippen molar-refractivity contribution in [2.24, 2.45) is 0 Å². The molecule has 0 spiro atoms. The number of nitrogens with two attached hydrogens (primary N) is 1. The quantitative estimate of drug-likeness (QED) is 0.882. The van der Waals surface area contributed by atoms with E-state index in [1.54, 1.807) is 0 Å². The lowest BCUT2D eigenvalue weighted by Crippen LogP contribution is -2.12. The number of hydrogen-bond donors (Lipinski definition) is 2. The number of nitrogens with one attached hydrogen (secondary N) is 1. The van der Waals surface area contributed by atoms with E-state index in [4.69, 9.17) is 17.3 Å². The molecule has 2 aromatic rings. The molecule has 3 N–H and O–H groups in total. The number of halogens is 1. The summed E-state index contributed by atoms with van der Waals surface area (Å²) in [6, 6.07) is 7.43. The predicted molar refractivity (Wildman–Crippen MR) is 77.8 cm³/mol. The highest BCUT2D eigenvalue weighted by atomic mass is 35.5. The molecule has 1 heterocycles. The first-order chi connectivity index (χ1) is 9.22. The Bertz CT molecular complexity index is 595. The van der Waals surface area contributed by atoms with E-state index in [0.29, 0.717) is 16.8 Å². The SMILES string of the molecule is Nc1nc(Nc2ccc(Cl)cc2)nc2c1CCCC2. The van der Waals surface area contributed by atoms with Gasteiger partial charge in [-0.15, -0.1) is 0 Å². The van der Waals surface area contributed by atoms with Crippen LogP contribution in [0.2, 0.25) is 5.02 Å². The molecule has 0 fully saturated rings. The Morgan fingerprint density at radius 1 is 1.05 bits per heavy atom. The molecule has 0 unspecified atom stereocenters. The Labute approximate surface area is 117 Å². The molecule has 0 aliphatic heterocycles. The van der Waals surface area contributed by atoms with Crippen molar-refractivity contribution in [2.45, 2.75) is 25.7 Å². The van der Waals surface area contributed by atoms with Crippen LogP contribution in [0.3, 0.4) is 0 Å². The van der Waals surface area contributed by atoms with Crippen molar-refractivity contribution in [1.29, 1.82) is 0 Å². The van der Waals surface area contributed by atoms with Gasteiger partial charge in [0.05, 0.1) is 5.69 Å². The number of aryl methyl sites for hydroxylation is 1. The van der Waals surface area contributed by atoms with E-state index < -0.39 is 0 Å². The topological polar surface area (TPSA) is 63.8 Å². The van der Waals surface area contributed by atoms with E-state index >= 15 is 0 Å². The number of benzene rings is 1. The summed E-state index contributed by atoms with van der Waals surface area (Å²) in [4.78, 5) is 8.88. The van der Waals surface area contributed by atoms with Crippen LogP contribution in [0.1, 0.15) is 24.1 Å². The van der Waals surface area contributed by atoms with E-state index in [2.05, 4.69) is 15.3 Å². The zero-order valence-electron chi connectivity index (χ0n) is 10.5. The standard InChI is InChI=1S/C14H15ClN4/c15-9-5-7-10(8-6-9)17-14-18-12-4-2-1-3-11(12)13(16)19-14/h5-8H,1-4H2,(H3,16,17,18,19). The number of fused-ring (bicyclic) bond motifs is 1. The number of nitrogen functional groups attached to an aromatic ring is 1. The van der Waals surface area contributed by atoms with Crippen LogP contribution >= 0.6 is 11.6 Å². The summed E-state index contributed by atoms with van der Waals surface area (Å²) in [5.41, 5.74) is 9.11. The van der Waals surface area contributed by atoms with Crippen molar-refractivity contribution in [1.82, 2.24) is 9.97 Å². The molecule has 0 atom stereocenters. The van der Waals surface area contributed by atoms with E-state index in [-0.39, 0.29) is 0 Å². The minimum absolute atomic E-state index is 0.556. The van der Waals surface area contributed by atoms with Crippen molar-refractivity contribution in [3.05, 3.63) is 40.5 Å². The molecule has 0 bridgehead atoms. The van der Waals surface area contributed by atoms with E-state index in [9.17, 15) is 0 Å². The first-order valence-corrected chi connectivity index (χ1v) is 6.78. The van der Waals surface area contributed by atoms with E-state index in [0.717, 1.165) is 29.8 Å². The maximum Gasteiger partial charge on any atom is 0.229 e. The van der Waals surface area contributed by atoms with Crippen LogP contribution in [0.25, 0.3) is 0 Å². The predicted octanol–water partition coefficient (Wildman–Crippen LogP) is 3.33. The van der Waals surface area contributed by atoms with Crippen LogP contribution in [0.5, 0.6) is 0 Å². The maximum absolute atomic E-state index is 6.01. The maximum atomic E-state index is 6.01. The van der Waals surface area contributed by atoms with Crippen LogP contribution in [-0.2, 0) is 12.8 Å². The van der Waals surface area contributed by atoms with Gasteiger partial charge in [0.15, 0.2) is 0 Å². The summed E-state index contributed by atoms with van der Waals surface area (Å²) < 4.78 is 0. The zero-order valence-corrected chi connectivity index (χ0v) is 11.2. The van der Waals surface area contributed by atoms with Gasteiger partial charge in [-0.25, -0.2) is 4.98 Å². The smallest absolute Gasteiger partial charge is 0.229 e. The monoisotopic (exact) mass is 274 g/mol. The molecule has 1 aromatic heterocycles. The molecule has 5 heteroatoms. The summed E-state index contributed by atoms with van der Waals surface area (Å²) >= 11 is 5.86. The Balaban J connectivity index is 1.89. The molecule has 3 rings (SSSR count). The lowest BCUT2D eigenvalue weighted by molar-refractivity contribution is 0.666. The van der Waals surface area contributed by atoms with Crippen molar-refractivity contribution in [3.63, 3.8) is 0 Å². The molecule has 1 aliphatic carbocycles. The van der Waals surface area contributed by atoms with Gasteiger partial charge in [-0.05, 0) is 49.9 Å². The normalized spacial score (nSPS) is 13.9. The molecule has 1 aliphatic rings. The molecule has 98 valence electrons. The van der Waals surface area contributed by atoms with Gasteiger partial charge in [0.2, 0.25) is 5.95 Å². The average molecular weight is 275 g/mol. The Morgan fingerprint density at radius 2 is 1.79 bits per heavy atom. The first-order valence-electron chi connectivity index (χ1n) is 6.40. The second-order valence-electron chi connectivity index (χ2n) is 4.70. The first kappa shape index (κ1) is 12.2. The van der Waals surface area contributed by atoms with Gasteiger partial charge in [-0.2, -0.15) is 4.98 Å². The average Bonchev–Trinajstić information content (AvgIpc) is 2.42. The summed E-state index contributed by atoms with van der Waals surface area (Å²) in [5, 5.41) is 3.87. The van der Waals surface area contributed by atoms with Crippen LogP contribution in [-0.4, -0.2) is 9.97 Å². The van der Waals surface area contributed by atoms with Crippen LogP contribution in [0, 0.1) is 0 Å². The van der Waals surface area contributed by atoms with Crippen LogP contribution < -0.4 is 11.1 Å². The highest BCUT2D eigenvalue weighted by Crippen LogP contribution is 2.26. The minimum atomic E-state index is 0.556. The van der Waals surface area contributed by atoms with Gasteiger partial charge in [-0.3, -0.25) is 0 Å². The zero-order chi connectivity index (χ0) is 13.2. The highest BCUT2D eigenvalue weighted by molar-refractivity contribution is 6.30. The third-order valence-electron chi connectivity index (χ3n) is 3.32. The van der Waals surface area contributed by atoms with Gasteiger partial charge in [0, 0.05) is 16.3 Å². The molecule has 19 heavy (non-hydrogen) atoms. The molecule has 0 radical (unpaired) electrons. The third kappa shape index (κ3) is 2.63. The third-order valence-corrected chi connectivity index (χ3v) is 3.57. The minimum Gasteiger partial charge on any atom is -0.383 e. The van der Waals surface area contributed by atoms with Gasteiger partial charge in [0.25, 0.3) is 0 Å². The van der Waals surface area contributed by atoms with Crippen LogP contribution in [0.15, 0.2) is 24.3 Å². The fourth-order valence-corrected chi connectivity index (χ4v) is 2.47. The molecular weight excluding hydrogens is 260 g/mol. The van der Waals surface area contributed by atoms with Gasteiger partial charge < -0.3 is 11.1 Å². The number of rotatable bonds is 2. The number of aromatic nitrogens is 2. The lowest BCUT2D eigenvalue weighted by atomic mass is 9.97. The van der Waals surface area contributed by atoms with Crippen LogP contribution in [0.4, 0.5) is 17.5 Å². The fourth-order valence-electron chi connectivity index (χ4n) is 2.34. The number of nitrogens with zero attached hydrogens (tertiary/aromatic N) is 2. The van der Waals surface area contributed by atoms with Gasteiger partial charge in [-0.1, -0.05) is 11.6 Å². The largest absolute Gasteiger partial charge is 0.383 e. The summed E-state index contributed by atoms with van der Waals surface area (Å²) in [6.45, 7) is 0. The summed E-state index contributed by atoms with van der Waals surface area (Å²) in [7, 11) is 0. The van der Waals surface area contributed by atoms with Gasteiger partial charge in [0.1, 0.15) is 5.82 Å².